The fourth-order valence-corrected chi connectivity index (χ4v) is 5.58. The van der Waals surface area contributed by atoms with Gasteiger partial charge in [-0.3, -0.25) is 19.4 Å². The predicted molar refractivity (Wildman–Crippen MR) is 164 cm³/mol. The second-order valence-corrected chi connectivity index (χ2v) is 10.8. The molecular weight excluding hydrogens is 530 g/mol. The molecule has 0 radical (unpaired) electrons. The molecule has 0 saturated heterocycles. The molecule has 9 nitrogen and oxygen atoms in total. The van der Waals surface area contributed by atoms with Crippen LogP contribution in [0, 0.1) is 0 Å². The quantitative estimate of drug-likeness (QED) is 0.162. The van der Waals surface area contributed by atoms with Crippen LogP contribution in [0.2, 0.25) is 0 Å². The average Bonchev–Trinajstić information content (AvgIpc) is 3.06. The Kier molecular flexibility index (Phi) is 9.96. The molecule has 1 heterocycles. The molecule has 5 N–H and O–H groups in total. The second-order valence-electron chi connectivity index (χ2n) is 10.8. The number of benzene rings is 3. The van der Waals surface area contributed by atoms with E-state index in [1.807, 2.05) is 80.6 Å². The zero-order valence-corrected chi connectivity index (χ0v) is 24.1. The minimum Gasteiger partial charge on any atom is -0.481 e. The third-order valence-electron chi connectivity index (χ3n) is 7.47. The lowest BCUT2D eigenvalue weighted by Crippen LogP contribution is -2.46. The summed E-state index contributed by atoms with van der Waals surface area (Å²) in [5.74, 6) is -1.63. The van der Waals surface area contributed by atoms with Gasteiger partial charge in [0, 0.05) is 12.6 Å². The molecule has 2 atom stereocenters. The number of aryl methyl sites for hydroxylation is 1. The van der Waals surface area contributed by atoms with Gasteiger partial charge in [0.15, 0.2) is 5.96 Å². The van der Waals surface area contributed by atoms with Crippen LogP contribution in [0.1, 0.15) is 78.7 Å². The Labute approximate surface area is 246 Å². The Morgan fingerprint density at radius 3 is 2.21 bits per heavy atom. The molecule has 0 aromatic heterocycles. The summed E-state index contributed by atoms with van der Waals surface area (Å²) in [6, 6.07) is 21.7. The van der Waals surface area contributed by atoms with Crippen molar-refractivity contribution in [1.82, 2.24) is 4.90 Å². The summed E-state index contributed by atoms with van der Waals surface area (Å²) < 4.78 is 0. The first-order chi connectivity index (χ1) is 20.2. The minimum atomic E-state index is -1.06. The number of hydrogen-bond donors (Lipinski definition) is 3. The van der Waals surface area contributed by atoms with Gasteiger partial charge in [-0.1, -0.05) is 73.2 Å². The first-order valence-corrected chi connectivity index (χ1v) is 14.3. The standard InChI is InChI=1S/C33H39N5O4/c1-22(2)37-27-18-17-23(12-6-5-11-19-36-33(34)35)20-26(27)31(41)38(30(32(37)42)25-15-9-4-10-16-25)28(21-29(39)40)24-13-7-3-8-14-24/h3-4,7-10,13-18,20,22,28,30H,5-6,11-12,19,21H2,1-2H3,(H,39,40)(H4,34,35,36). The van der Waals surface area contributed by atoms with Crippen molar-refractivity contribution < 1.29 is 19.5 Å². The molecule has 0 spiro atoms. The fraction of sp³-hybridized carbons (Fsp3) is 0.333. The number of aliphatic imine (C=N–C) groups is 1. The molecule has 3 aromatic carbocycles. The number of unbranched alkanes of at least 4 members (excludes halogenated alkanes) is 2. The van der Waals surface area contributed by atoms with E-state index in [1.165, 1.54) is 4.90 Å². The lowest BCUT2D eigenvalue weighted by atomic mass is 9.95. The summed E-state index contributed by atoms with van der Waals surface area (Å²) in [5.41, 5.74) is 14.0. The first-order valence-electron chi connectivity index (χ1n) is 14.3. The molecule has 42 heavy (non-hydrogen) atoms. The summed E-state index contributed by atoms with van der Waals surface area (Å²) >= 11 is 0. The van der Waals surface area contributed by atoms with Crippen LogP contribution in [0.15, 0.2) is 83.9 Å². The number of carboxylic acid groups (broad SMARTS) is 1. The van der Waals surface area contributed by atoms with Gasteiger partial charge in [-0.05, 0) is 61.9 Å². The predicted octanol–water partition coefficient (Wildman–Crippen LogP) is 4.83. The smallest absolute Gasteiger partial charge is 0.305 e. The van der Waals surface area contributed by atoms with Gasteiger partial charge in [0.2, 0.25) is 0 Å². The van der Waals surface area contributed by atoms with Crippen LogP contribution in [0.25, 0.3) is 0 Å². The topological polar surface area (TPSA) is 142 Å². The zero-order chi connectivity index (χ0) is 30.2. The number of guanidine groups is 1. The van der Waals surface area contributed by atoms with Crippen molar-refractivity contribution in [3.05, 3.63) is 101 Å². The average molecular weight is 570 g/mol. The monoisotopic (exact) mass is 569 g/mol. The number of rotatable bonds is 12. The van der Waals surface area contributed by atoms with E-state index in [-0.39, 0.29) is 30.2 Å². The molecule has 1 aliphatic rings. The third kappa shape index (κ3) is 6.97. The van der Waals surface area contributed by atoms with E-state index in [4.69, 9.17) is 11.5 Å². The molecule has 2 amide bonds. The minimum absolute atomic E-state index is 0.0820. The Balaban J connectivity index is 1.81. The van der Waals surface area contributed by atoms with Crippen LogP contribution < -0.4 is 16.4 Å². The zero-order valence-electron chi connectivity index (χ0n) is 24.1. The number of hydrogen-bond acceptors (Lipinski definition) is 4. The van der Waals surface area contributed by atoms with Gasteiger partial charge in [-0.15, -0.1) is 0 Å². The van der Waals surface area contributed by atoms with Crippen LogP contribution in [0.4, 0.5) is 5.69 Å². The molecule has 2 unspecified atom stereocenters. The molecular formula is C33H39N5O4. The van der Waals surface area contributed by atoms with E-state index in [0.29, 0.717) is 28.9 Å². The van der Waals surface area contributed by atoms with E-state index in [2.05, 4.69) is 4.99 Å². The molecule has 4 rings (SSSR count). The van der Waals surface area contributed by atoms with Crippen molar-refractivity contribution in [3.8, 4) is 0 Å². The Morgan fingerprint density at radius 1 is 0.929 bits per heavy atom. The van der Waals surface area contributed by atoms with Gasteiger partial charge in [-0.25, -0.2) is 0 Å². The number of anilines is 1. The van der Waals surface area contributed by atoms with E-state index in [1.54, 1.807) is 17.0 Å². The Morgan fingerprint density at radius 2 is 1.60 bits per heavy atom. The van der Waals surface area contributed by atoms with Crippen molar-refractivity contribution in [2.75, 3.05) is 11.4 Å². The Bertz CT molecular complexity index is 1420. The number of carboxylic acids is 1. The highest BCUT2D eigenvalue weighted by Crippen LogP contribution is 2.42. The lowest BCUT2D eigenvalue weighted by molar-refractivity contribution is -0.139. The van der Waals surface area contributed by atoms with Crippen molar-refractivity contribution >= 4 is 29.4 Å². The van der Waals surface area contributed by atoms with Crippen molar-refractivity contribution in [2.45, 2.75) is 64.1 Å². The van der Waals surface area contributed by atoms with Gasteiger partial charge >= 0.3 is 5.97 Å². The van der Waals surface area contributed by atoms with Gasteiger partial charge in [0.25, 0.3) is 11.8 Å². The molecule has 0 fully saturated rings. The number of nitrogens with zero attached hydrogens (tertiary/aromatic N) is 3. The fourth-order valence-electron chi connectivity index (χ4n) is 5.58. The van der Waals surface area contributed by atoms with Crippen molar-refractivity contribution in [2.24, 2.45) is 16.5 Å². The molecule has 3 aromatic rings. The highest BCUT2D eigenvalue weighted by Gasteiger charge is 2.45. The summed E-state index contributed by atoms with van der Waals surface area (Å²) in [6.45, 7) is 4.40. The molecule has 1 aliphatic heterocycles. The van der Waals surface area contributed by atoms with E-state index < -0.39 is 18.1 Å². The van der Waals surface area contributed by atoms with Gasteiger partial charge < -0.3 is 26.4 Å². The number of amides is 2. The summed E-state index contributed by atoms with van der Waals surface area (Å²) in [4.78, 5) is 48.5. The maximum atomic E-state index is 14.7. The molecule has 220 valence electrons. The molecule has 9 heteroatoms. The third-order valence-corrected chi connectivity index (χ3v) is 7.47. The van der Waals surface area contributed by atoms with Crippen molar-refractivity contribution in [3.63, 3.8) is 0 Å². The second kappa shape index (κ2) is 13.8. The number of carbonyl (C=O) groups excluding carboxylic acids is 2. The number of fused-ring (bicyclic) bond motifs is 1. The van der Waals surface area contributed by atoms with E-state index >= 15 is 0 Å². The molecule has 0 aliphatic carbocycles. The molecule has 0 saturated carbocycles. The SMILES string of the molecule is CC(C)N1C(=O)C(c2ccccc2)N(C(CC(=O)O)c2ccccc2)C(=O)c2cc(CCCCCN=C(N)N)ccc21. The highest BCUT2D eigenvalue weighted by atomic mass is 16.4. The maximum Gasteiger partial charge on any atom is 0.305 e. The normalized spacial score (nSPS) is 15.7. The number of carbonyl (C=O) groups is 3. The maximum absolute atomic E-state index is 14.7. The van der Waals surface area contributed by atoms with Crippen LogP contribution in [0.3, 0.4) is 0 Å². The van der Waals surface area contributed by atoms with Gasteiger partial charge in [0.1, 0.15) is 6.04 Å². The molecule has 0 bridgehead atoms. The summed E-state index contributed by atoms with van der Waals surface area (Å²) in [6.07, 6.45) is 3.02. The number of nitrogens with two attached hydrogens (primary N) is 2. The van der Waals surface area contributed by atoms with Crippen LogP contribution in [-0.4, -0.2) is 46.3 Å². The van der Waals surface area contributed by atoms with Gasteiger partial charge in [0.05, 0.1) is 23.7 Å². The number of aliphatic carboxylic acids is 1. The lowest BCUT2D eigenvalue weighted by Gasteiger charge is -2.37. The van der Waals surface area contributed by atoms with Crippen LogP contribution in [0.5, 0.6) is 0 Å². The van der Waals surface area contributed by atoms with Crippen molar-refractivity contribution in [1.29, 1.82) is 0 Å². The first kappa shape index (κ1) is 30.3. The summed E-state index contributed by atoms with van der Waals surface area (Å²) in [7, 11) is 0. The van der Waals surface area contributed by atoms with Gasteiger partial charge in [-0.2, -0.15) is 0 Å². The Hall–Kier alpha value is -4.66. The van der Waals surface area contributed by atoms with E-state index in [0.717, 1.165) is 31.2 Å². The van der Waals surface area contributed by atoms with Crippen LogP contribution in [-0.2, 0) is 16.0 Å². The summed E-state index contributed by atoms with van der Waals surface area (Å²) in [5, 5.41) is 9.97. The van der Waals surface area contributed by atoms with E-state index in [9.17, 15) is 19.5 Å². The van der Waals surface area contributed by atoms with Crippen LogP contribution >= 0.6 is 0 Å². The highest BCUT2D eigenvalue weighted by molar-refractivity contribution is 6.11. The largest absolute Gasteiger partial charge is 0.481 e.